The van der Waals surface area contributed by atoms with Crippen LogP contribution in [0.15, 0.2) is 0 Å². The van der Waals surface area contributed by atoms with Crippen molar-refractivity contribution in [1.29, 1.82) is 0 Å². The SMILES string of the molecule is NS(=O)(=O)CCCNC1CCCCCCC1. The summed E-state index contributed by atoms with van der Waals surface area (Å²) in [5.41, 5.74) is 0. The van der Waals surface area contributed by atoms with Crippen LogP contribution < -0.4 is 10.5 Å². The van der Waals surface area contributed by atoms with Crippen LogP contribution >= 0.6 is 0 Å². The van der Waals surface area contributed by atoms with Gasteiger partial charge < -0.3 is 5.32 Å². The first-order valence-electron chi connectivity index (χ1n) is 6.32. The first-order valence-corrected chi connectivity index (χ1v) is 8.03. The molecule has 1 aliphatic rings. The highest BCUT2D eigenvalue weighted by molar-refractivity contribution is 7.89. The molecule has 4 nitrogen and oxygen atoms in total. The Bertz CT molecular complexity index is 270. The molecule has 0 aromatic heterocycles. The molecule has 3 N–H and O–H groups in total. The zero-order valence-corrected chi connectivity index (χ0v) is 10.8. The molecule has 16 heavy (non-hydrogen) atoms. The van der Waals surface area contributed by atoms with E-state index in [1.807, 2.05) is 0 Å². The minimum absolute atomic E-state index is 0.0900. The summed E-state index contributed by atoms with van der Waals surface area (Å²) in [6, 6.07) is 0.584. The van der Waals surface area contributed by atoms with Gasteiger partial charge in [0.2, 0.25) is 10.0 Å². The van der Waals surface area contributed by atoms with E-state index in [-0.39, 0.29) is 5.75 Å². The Morgan fingerprint density at radius 2 is 1.62 bits per heavy atom. The van der Waals surface area contributed by atoms with Crippen molar-refractivity contribution in [2.45, 2.75) is 57.4 Å². The van der Waals surface area contributed by atoms with Crippen molar-refractivity contribution in [3.63, 3.8) is 0 Å². The number of hydrogen-bond acceptors (Lipinski definition) is 3. The van der Waals surface area contributed by atoms with Crippen molar-refractivity contribution in [3.8, 4) is 0 Å². The molecule has 0 spiro atoms. The van der Waals surface area contributed by atoms with E-state index >= 15 is 0 Å². The van der Waals surface area contributed by atoms with Gasteiger partial charge in [0, 0.05) is 6.04 Å². The van der Waals surface area contributed by atoms with E-state index < -0.39 is 10.0 Å². The maximum Gasteiger partial charge on any atom is 0.209 e. The van der Waals surface area contributed by atoms with E-state index in [1.54, 1.807) is 0 Å². The average molecular weight is 248 g/mol. The lowest BCUT2D eigenvalue weighted by Gasteiger charge is -2.20. The van der Waals surface area contributed by atoms with Gasteiger partial charge in [-0.05, 0) is 25.8 Å². The highest BCUT2D eigenvalue weighted by atomic mass is 32.2. The Kier molecular flexibility index (Phi) is 6.31. The number of hydrogen-bond donors (Lipinski definition) is 2. The Morgan fingerprint density at radius 1 is 1.06 bits per heavy atom. The lowest BCUT2D eigenvalue weighted by Crippen LogP contribution is -2.32. The van der Waals surface area contributed by atoms with Gasteiger partial charge in [-0.3, -0.25) is 0 Å². The topological polar surface area (TPSA) is 72.2 Å². The van der Waals surface area contributed by atoms with E-state index in [1.165, 1.54) is 44.9 Å². The molecule has 0 heterocycles. The summed E-state index contributed by atoms with van der Waals surface area (Å²) in [6.45, 7) is 0.765. The second-order valence-electron chi connectivity index (χ2n) is 4.72. The monoisotopic (exact) mass is 248 g/mol. The van der Waals surface area contributed by atoms with Gasteiger partial charge in [-0.15, -0.1) is 0 Å². The molecule has 0 aliphatic heterocycles. The lowest BCUT2D eigenvalue weighted by molar-refractivity contribution is 0.391. The zero-order chi connectivity index (χ0) is 11.9. The molecular formula is C11H24N2O2S. The van der Waals surface area contributed by atoms with Crippen LogP contribution in [-0.2, 0) is 10.0 Å². The van der Waals surface area contributed by atoms with Crippen LogP contribution in [0.3, 0.4) is 0 Å². The normalized spacial score (nSPS) is 20.3. The standard InChI is InChI=1S/C11H24N2O2S/c12-16(14,15)10-6-9-13-11-7-4-2-1-3-5-8-11/h11,13H,1-10H2,(H2,12,14,15). The van der Waals surface area contributed by atoms with Crippen molar-refractivity contribution >= 4 is 10.0 Å². The fourth-order valence-corrected chi connectivity index (χ4v) is 2.79. The summed E-state index contributed by atoms with van der Waals surface area (Å²) in [7, 11) is -3.28. The minimum Gasteiger partial charge on any atom is -0.314 e. The molecule has 0 radical (unpaired) electrons. The fraction of sp³-hybridized carbons (Fsp3) is 1.00. The molecule has 0 atom stereocenters. The summed E-state index contributed by atoms with van der Waals surface area (Å²) in [5.74, 6) is 0.0900. The highest BCUT2D eigenvalue weighted by Gasteiger charge is 2.10. The van der Waals surface area contributed by atoms with Crippen LogP contribution in [0.2, 0.25) is 0 Å². The fourth-order valence-electron chi connectivity index (χ4n) is 2.24. The molecule has 0 aromatic carbocycles. The maximum atomic E-state index is 10.7. The number of primary sulfonamides is 1. The highest BCUT2D eigenvalue weighted by Crippen LogP contribution is 2.16. The van der Waals surface area contributed by atoms with E-state index in [4.69, 9.17) is 5.14 Å². The third kappa shape index (κ3) is 7.19. The van der Waals surface area contributed by atoms with Gasteiger partial charge in [0.15, 0.2) is 0 Å². The Hall–Kier alpha value is -0.130. The molecule has 0 unspecified atom stereocenters. The van der Waals surface area contributed by atoms with Gasteiger partial charge in [-0.25, -0.2) is 13.6 Å². The number of sulfonamides is 1. The van der Waals surface area contributed by atoms with Gasteiger partial charge in [0.05, 0.1) is 5.75 Å². The molecule has 0 saturated heterocycles. The molecule has 1 saturated carbocycles. The second-order valence-corrected chi connectivity index (χ2v) is 6.45. The van der Waals surface area contributed by atoms with Gasteiger partial charge >= 0.3 is 0 Å². The van der Waals surface area contributed by atoms with Crippen LogP contribution in [0.1, 0.15) is 51.4 Å². The van der Waals surface area contributed by atoms with Crippen LogP contribution in [-0.4, -0.2) is 26.8 Å². The van der Waals surface area contributed by atoms with Gasteiger partial charge in [0.25, 0.3) is 0 Å². The Balaban J connectivity index is 2.10. The summed E-state index contributed by atoms with van der Waals surface area (Å²) < 4.78 is 21.5. The van der Waals surface area contributed by atoms with Crippen molar-refractivity contribution in [1.82, 2.24) is 5.32 Å². The average Bonchev–Trinajstić information content (AvgIpc) is 2.13. The van der Waals surface area contributed by atoms with Gasteiger partial charge in [0.1, 0.15) is 0 Å². The second kappa shape index (κ2) is 7.25. The third-order valence-electron chi connectivity index (χ3n) is 3.14. The first kappa shape index (κ1) is 13.9. The quantitative estimate of drug-likeness (QED) is 0.722. The molecule has 5 heteroatoms. The van der Waals surface area contributed by atoms with E-state index in [0.29, 0.717) is 12.5 Å². The first-order chi connectivity index (χ1) is 7.58. The van der Waals surface area contributed by atoms with Crippen molar-refractivity contribution in [2.24, 2.45) is 5.14 Å². The third-order valence-corrected chi connectivity index (χ3v) is 4.00. The van der Waals surface area contributed by atoms with Crippen LogP contribution in [0.25, 0.3) is 0 Å². The summed E-state index contributed by atoms with van der Waals surface area (Å²) >= 11 is 0. The lowest BCUT2D eigenvalue weighted by atomic mass is 9.97. The molecule has 1 aliphatic carbocycles. The summed E-state index contributed by atoms with van der Waals surface area (Å²) in [5, 5.41) is 8.39. The Labute approximate surface area is 99.0 Å². The number of nitrogens with two attached hydrogens (primary N) is 1. The molecule has 1 fully saturated rings. The zero-order valence-electron chi connectivity index (χ0n) is 9.95. The van der Waals surface area contributed by atoms with E-state index in [9.17, 15) is 8.42 Å². The van der Waals surface area contributed by atoms with Crippen LogP contribution in [0, 0.1) is 0 Å². The van der Waals surface area contributed by atoms with Crippen LogP contribution in [0.5, 0.6) is 0 Å². The largest absolute Gasteiger partial charge is 0.314 e. The molecule has 0 amide bonds. The van der Waals surface area contributed by atoms with E-state index in [0.717, 1.165) is 6.54 Å². The maximum absolute atomic E-state index is 10.7. The molecule has 0 aromatic rings. The molecule has 0 bridgehead atoms. The molecular weight excluding hydrogens is 224 g/mol. The smallest absolute Gasteiger partial charge is 0.209 e. The summed E-state index contributed by atoms with van der Waals surface area (Å²) in [4.78, 5) is 0. The van der Waals surface area contributed by atoms with Crippen molar-refractivity contribution in [3.05, 3.63) is 0 Å². The number of rotatable bonds is 5. The minimum atomic E-state index is -3.28. The van der Waals surface area contributed by atoms with Gasteiger partial charge in [-0.2, -0.15) is 0 Å². The number of nitrogens with one attached hydrogen (secondary N) is 1. The van der Waals surface area contributed by atoms with Crippen molar-refractivity contribution in [2.75, 3.05) is 12.3 Å². The summed E-state index contributed by atoms with van der Waals surface area (Å²) in [6.07, 6.45) is 9.74. The predicted octanol–water partition coefficient (Wildman–Crippen LogP) is 1.37. The molecule has 1 rings (SSSR count). The van der Waals surface area contributed by atoms with E-state index in [2.05, 4.69) is 5.32 Å². The van der Waals surface area contributed by atoms with Crippen LogP contribution in [0.4, 0.5) is 0 Å². The predicted molar refractivity (Wildman–Crippen MR) is 66.7 cm³/mol. The molecule has 96 valence electrons. The Morgan fingerprint density at radius 3 is 2.19 bits per heavy atom. The van der Waals surface area contributed by atoms with Gasteiger partial charge in [-0.1, -0.05) is 32.1 Å². The van der Waals surface area contributed by atoms with Crippen molar-refractivity contribution < 1.29 is 8.42 Å².